The van der Waals surface area contributed by atoms with Crippen molar-refractivity contribution in [2.45, 2.75) is 6.92 Å². The van der Waals surface area contributed by atoms with Crippen LogP contribution < -0.4 is 5.73 Å². The third-order valence-corrected chi connectivity index (χ3v) is 2.18. The van der Waals surface area contributed by atoms with Crippen molar-refractivity contribution in [3.05, 3.63) is 27.7 Å². The molecule has 0 spiro atoms. The fourth-order valence-electron chi connectivity index (χ4n) is 0.727. The van der Waals surface area contributed by atoms with Crippen molar-refractivity contribution in [1.29, 1.82) is 0 Å². The van der Waals surface area contributed by atoms with Crippen LogP contribution in [0, 0.1) is 18.6 Å². The van der Waals surface area contributed by atoms with Crippen molar-refractivity contribution in [3.63, 3.8) is 0 Å². The molecular weight excluding hydrogens is 216 g/mol. The molecule has 0 saturated carbocycles. The summed E-state index contributed by atoms with van der Waals surface area (Å²) in [5.74, 6) is -1.82. The number of nitrogen functional groups attached to an aromatic ring is 1. The summed E-state index contributed by atoms with van der Waals surface area (Å²) in [6.45, 7) is 1.61. The fourth-order valence-corrected chi connectivity index (χ4v) is 1.23. The molecule has 1 nitrogen and oxygen atoms in total. The van der Waals surface area contributed by atoms with E-state index in [2.05, 4.69) is 15.9 Å². The second-order valence-corrected chi connectivity index (χ2v) is 3.01. The van der Waals surface area contributed by atoms with Gasteiger partial charge in [0.1, 0.15) is 0 Å². The van der Waals surface area contributed by atoms with E-state index in [-0.39, 0.29) is 10.2 Å². The van der Waals surface area contributed by atoms with E-state index >= 15 is 0 Å². The van der Waals surface area contributed by atoms with Gasteiger partial charge in [-0.3, -0.25) is 0 Å². The molecule has 0 saturated heterocycles. The molecule has 0 amide bonds. The van der Waals surface area contributed by atoms with Gasteiger partial charge in [-0.25, -0.2) is 8.78 Å². The SMILES string of the molecule is Cc1cc(F)c(F)c(Br)c1N. The number of anilines is 1. The zero-order valence-corrected chi connectivity index (χ0v) is 7.37. The van der Waals surface area contributed by atoms with E-state index in [1.54, 1.807) is 6.92 Å². The van der Waals surface area contributed by atoms with Gasteiger partial charge in [0.05, 0.1) is 10.2 Å². The predicted octanol–water partition coefficient (Wildman–Crippen LogP) is 2.62. The number of benzene rings is 1. The molecule has 0 bridgehead atoms. The summed E-state index contributed by atoms with van der Waals surface area (Å²) in [5.41, 5.74) is 6.16. The Morgan fingerprint density at radius 3 is 2.55 bits per heavy atom. The van der Waals surface area contributed by atoms with Gasteiger partial charge < -0.3 is 5.73 Å². The number of nitrogens with two attached hydrogens (primary N) is 1. The highest BCUT2D eigenvalue weighted by Crippen LogP contribution is 2.27. The first kappa shape index (κ1) is 8.46. The Labute approximate surface area is 71.3 Å². The first-order valence-corrected chi connectivity index (χ1v) is 3.73. The van der Waals surface area contributed by atoms with E-state index in [1.165, 1.54) is 0 Å². The summed E-state index contributed by atoms with van der Waals surface area (Å²) < 4.78 is 25.2. The maximum Gasteiger partial charge on any atom is 0.175 e. The highest BCUT2D eigenvalue weighted by molar-refractivity contribution is 9.10. The highest BCUT2D eigenvalue weighted by Gasteiger charge is 2.11. The van der Waals surface area contributed by atoms with Crippen LogP contribution in [-0.4, -0.2) is 0 Å². The standard InChI is InChI=1S/C7H6BrF2N/c1-3-2-4(9)6(10)5(8)7(3)11/h2H,11H2,1H3. The number of aryl methyl sites for hydroxylation is 1. The van der Waals surface area contributed by atoms with Crippen LogP contribution >= 0.6 is 15.9 Å². The monoisotopic (exact) mass is 221 g/mol. The molecule has 0 radical (unpaired) electrons. The predicted molar refractivity (Wildman–Crippen MR) is 43.2 cm³/mol. The Bertz CT molecular complexity index is 273. The normalized spacial score (nSPS) is 10.2. The number of hydrogen-bond donors (Lipinski definition) is 1. The van der Waals surface area contributed by atoms with Crippen LogP contribution in [0.5, 0.6) is 0 Å². The van der Waals surface area contributed by atoms with Crippen molar-refractivity contribution in [3.8, 4) is 0 Å². The average Bonchev–Trinajstić information content (AvgIpc) is 1.97. The van der Waals surface area contributed by atoms with Crippen LogP contribution in [0.3, 0.4) is 0 Å². The summed E-state index contributed by atoms with van der Waals surface area (Å²) in [6, 6.07) is 1.06. The second kappa shape index (κ2) is 2.77. The Kier molecular flexibility index (Phi) is 2.13. The fraction of sp³-hybridized carbons (Fsp3) is 0.143. The molecule has 0 aliphatic heterocycles. The van der Waals surface area contributed by atoms with Crippen molar-refractivity contribution >= 4 is 21.6 Å². The summed E-state index contributed by atoms with van der Waals surface area (Å²) >= 11 is 2.84. The van der Waals surface area contributed by atoms with Gasteiger partial charge in [-0.2, -0.15) is 0 Å². The molecule has 11 heavy (non-hydrogen) atoms. The molecule has 0 aliphatic carbocycles. The maximum absolute atomic E-state index is 12.7. The largest absolute Gasteiger partial charge is 0.398 e. The van der Waals surface area contributed by atoms with Crippen LogP contribution in [-0.2, 0) is 0 Å². The van der Waals surface area contributed by atoms with Gasteiger partial charge in [-0.1, -0.05) is 0 Å². The molecule has 0 aromatic heterocycles. The average molecular weight is 222 g/mol. The lowest BCUT2D eigenvalue weighted by Crippen LogP contribution is -1.96. The lowest BCUT2D eigenvalue weighted by atomic mass is 10.2. The molecule has 0 atom stereocenters. The van der Waals surface area contributed by atoms with E-state index in [9.17, 15) is 8.78 Å². The summed E-state index contributed by atoms with van der Waals surface area (Å²) in [6.07, 6.45) is 0. The first-order valence-electron chi connectivity index (χ1n) is 2.93. The summed E-state index contributed by atoms with van der Waals surface area (Å²) in [4.78, 5) is 0. The number of rotatable bonds is 0. The Morgan fingerprint density at radius 1 is 1.45 bits per heavy atom. The Hall–Kier alpha value is -0.640. The zero-order chi connectivity index (χ0) is 8.59. The van der Waals surface area contributed by atoms with Crippen molar-refractivity contribution < 1.29 is 8.78 Å². The van der Waals surface area contributed by atoms with Crippen LogP contribution in [0.25, 0.3) is 0 Å². The Balaban J connectivity index is 3.46. The van der Waals surface area contributed by atoms with Crippen LogP contribution in [0.2, 0.25) is 0 Å². The van der Waals surface area contributed by atoms with E-state index in [0.29, 0.717) is 5.56 Å². The number of hydrogen-bond acceptors (Lipinski definition) is 1. The molecule has 2 N–H and O–H groups in total. The molecule has 0 unspecified atom stereocenters. The molecule has 0 heterocycles. The smallest absolute Gasteiger partial charge is 0.175 e. The first-order chi connectivity index (χ1) is 5.04. The maximum atomic E-state index is 12.7. The molecular formula is C7H6BrF2N. The summed E-state index contributed by atoms with van der Waals surface area (Å²) in [7, 11) is 0. The molecule has 1 aromatic carbocycles. The topological polar surface area (TPSA) is 26.0 Å². The van der Waals surface area contributed by atoms with Gasteiger partial charge >= 0.3 is 0 Å². The zero-order valence-electron chi connectivity index (χ0n) is 5.79. The third kappa shape index (κ3) is 1.35. The summed E-state index contributed by atoms with van der Waals surface area (Å²) in [5, 5.41) is 0. The lowest BCUT2D eigenvalue weighted by Gasteiger charge is -2.03. The number of halogens is 3. The molecule has 1 rings (SSSR count). The molecule has 0 aliphatic rings. The second-order valence-electron chi connectivity index (χ2n) is 2.22. The molecule has 1 aromatic rings. The minimum atomic E-state index is -0.937. The molecule has 60 valence electrons. The van der Waals surface area contributed by atoms with Crippen LogP contribution in [0.15, 0.2) is 10.5 Å². The van der Waals surface area contributed by atoms with E-state index in [4.69, 9.17) is 5.73 Å². The minimum absolute atomic E-state index is 0.00463. The van der Waals surface area contributed by atoms with Gasteiger partial charge in [0, 0.05) is 0 Å². The van der Waals surface area contributed by atoms with Gasteiger partial charge in [0.15, 0.2) is 11.6 Å². The third-order valence-electron chi connectivity index (χ3n) is 1.41. The quantitative estimate of drug-likeness (QED) is 0.529. The minimum Gasteiger partial charge on any atom is -0.398 e. The van der Waals surface area contributed by atoms with Gasteiger partial charge in [-0.15, -0.1) is 0 Å². The van der Waals surface area contributed by atoms with Crippen molar-refractivity contribution in [2.75, 3.05) is 5.73 Å². The van der Waals surface area contributed by atoms with Crippen molar-refractivity contribution in [1.82, 2.24) is 0 Å². The Morgan fingerprint density at radius 2 is 2.00 bits per heavy atom. The molecule has 0 fully saturated rings. The highest BCUT2D eigenvalue weighted by atomic mass is 79.9. The van der Waals surface area contributed by atoms with Gasteiger partial charge in [-0.05, 0) is 34.5 Å². The van der Waals surface area contributed by atoms with Crippen LogP contribution in [0.1, 0.15) is 5.56 Å². The van der Waals surface area contributed by atoms with Gasteiger partial charge in [0.25, 0.3) is 0 Å². The van der Waals surface area contributed by atoms with E-state index < -0.39 is 11.6 Å². The lowest BCUT2D eigenvalue weighted by molar-refractivity contribution is 0.504. The van der Waals surface area contributed by atoms with Crippen molar-refractivity contribution in [2.24, 2.45) is 0 Å². The van der Waals surface area contributed by atoms with E-state index in [1.807, 2.05) is 0 Å². The van der Waals surface area contributed by atoms with Crippen LogP contribution in [0.4, 0.5) is 14.5 Å². The molecule has 4 heteroatoms. The van der Waals surface area contributed by atoms with Gasteiger partial charge in [0.2, 0.25) is 0 Å². The van der Waals surface area contributed by atoms with E-state index in [0.717, 1.165) is 6.07 Å².